The second-order valence-electron chi connectivity index (χ2n) is 8.78. The van der Waals surface area contributed by atoms with Gasteiger partial charge in [-0.15, -0.1) is 0 Å². The molecule has 1 saturated heterocycles. The zero-order valence-electron chi connectivity index (χ0n) is 18.0. The van der Waals surface area contributed by atoms with Crippen molar-refractivity contribution in [1.82, 2.24) is 14.5 Å². The highest BCUT2D eigenvalue weighted by atomic mass is 16.5. The molecule has 1 aliphatic heterocycles. The summed E-state index contributed by atoms with van der Waals surface area (Å²) < 4.78 is 7.53. The zero-order chi connectivity index (χ0) is 21.3. The summed E-state index contributed by atoms with van der Waals surface area (Å²) >= 11 is 0. The van der Waals surface area contributed by atoms with E-state index in [9.17, 15) is 4.79 Å². The Morgan fingerprint density at radius 3 is 2.37 bits per heavy atom. The van der Waals surface area contributed by atoms with E-state index in [2.05, 4.69) is 59.9 Å². The van der Waals surface area contributed by atoms with E-state index in [1.165, 1.54) is 11.8 Å². The van der Waals surface area contributed by atoms with Crippen LogP contribution in [0.1, 0.15) is 43.9 Å². The van der Waals surface area contributed by atoms with E-state index in [-0.39, 0.29) is 18.2 Å². The van der Waals surface area contributed by atoms with Gasteiger partial charge < -0.3 is 14.2 Å². The normalized spacial score (nSPS) is 16.1. The highest BCUT2D eigenvalue weighted by Crippen LogP contribution is 2.34. The Morgan fingerprint density at radius 1 is 1.10 bits per heavy atom. The van der Waals surface area contributed by atoms with Crippen LogP contribution in [0.4, 0.5) is 5.69 Å². The minimum Gasteiger partial charge on any atom is -0.485 e. The Hall–Kier alpha value is -3.15. The molecule has 0 amide bonds. The molecule has 0 aliphatic carbocycles. The number of pyridine rings is 1. The van der Waals surface area contributed by atoms with Crippen molar-refractivity contribution in [2.24, 2.45) is 5.41 Å². The second-order valence-corrected chi connectivity index (χ2v) is 8.78. The lowest BCUT2D eigenvalue weighted by molar-refractivity contribution is 0.276. The highest BCUT2D eigenvalue weighted by Gasteiger charge is 2.34. The van der Waals surface area contributed by atoms with Crippen molar-refractivity contribution in [3.8, 4) is 5.75 Å². The van der Waals surface area contributed by atoms with Gasteiger partial charge in [0.1, 0.15) is 12.4 Å². The summed E-state index contributed by atoms with van der Waals surface area (Å²) in [6.45, 7) is 10.9. The van der Waals surface area contributed by atoms with Crippen LogP contribution in [0, 0.1) is 12.3 Å². The molecule has 0 bridgehead atoms. The average molecular weight is 405 g/mol. The molecule has 4 rings (SSSR count). The van der Waals surface area contributed by atoms with Crippen LogP contribution < -0.4 is 15.2 Å². The number of hydrogen-bond acceptors (Lipinski definition) is 5. The first-order valence-electron chi connectivity index (χ1n) is 10.3. The van der Waals surface area contributed by atoms with Crippen LogP contribution in [-0.2, 0) is 6.61 Å². The van der Waals surface area contributed by atoms with Gasteiger partial charge >= 0.3 is 0 Å². The molecule has 1 atom stereocenters. The predicted molar refractivity (Wildman–Crippen MR) is 118 cm³/mol. The van der Waals surface area contributed by atoms with Crippen LogP contribution in [0.25, 0.3) is 0 Å². The van der Waals surface area contributed by atoms with E-state index in [0.717, 1.165) is 24.3 Å². The largest absolute Gasteiger partial charge is 0.485 e. The Kier molecular flexibility index (Phi) is 5.33. The molecule has 2 aromatic heterocycles. The molecule has 30 heavy (non-hydrogen) atoms. The molecule has 1 fully saturated rings. The zero-order valence-corrected chi connectivity index (χ0v) is 18.0. The van der Waals surface area contributed by atoms with Crippen molar-refractivity contribution in [3.05, 3.63) is 82.3 Å². The monoisotopic (exact) mass is 404 g/mol. The number of ether oxygens (including phenoxy) is 1. The first-order chi connectivity index (χ1) is 14.3. The molecule has 3 aromatic rings. The van der Waals surface area contributed by atoms with Crippen LogP contribution >= 0.6 is 0 Å². The van der Waals surface area contributed by atoms with Gasteiger partial charge in [0.2, 0.25) is 0 Å². The predicted octanol–water partition coefficient (Wildman–Crippen LogP) is 3.98. The third kappa shape index (κ3) is 4.22. The fourth-order valence-electron chi connectivity index (χ4n) is 4.10. The summed E-state index contributed by atoms with van der Waals surface area (Å²) in [4.78, 5) is 23.5. The first kappa shape index (κ1) is 20.1. The third-order valence-electron chi connectivity index (χ3n) is 5.59. The third-order valence-corrected chi connectivity index (χ3v) is 5.59. The van der Waals surface area contributed by atoms with Crippen molar-refractivity contribution >= 4 is 5.69 Å². The van der Waals surface area contributed by atoms with Crippen molar-refractivity contribution in [2.75, 3.05) is 18.0 Å². The van der Waals surface area contributed by atoms with Gasteiger partial charge in [-0.05, 0) is 49.1 Å². The molecule has 1 aromatic carbocycles. The lowest BCUT2D eigenvalue weighted by atomic mass is 9.84. The van der Waals surface area contributed by atoms with Gasteiger partial charge in [0.05, 0.1) is 6.04 Å². The van der Waals surface area contributed by atoms with Crippen LogP contribution in [0.5, 0.6) is 5.75 Å². The summed E-state index contributed by atoms with van der Waals surface area (Å²) in [6.07, 6.45) is 3.34. The molecule has 1 aliphatic rings. The van der Waals surface area contributed by atoms with Gasteiger partial charge in [-0.25, -0.2) is 9.97 Å². The Bertz CT molecular complexity index is 1070. The second kappa shape index (κ2) is 7.94. The molecule has 0 N–H and O–H groups in total. The minimum atomic E-state index is -0.0833. The number of aromatic nitrogens is 3. The Balaban J connectivity index is 1.48. The number of aryl methyl sites for hydroxylation is 1. The standard InChI is InChI=1S/C24H28N4O2/c1-17-12-21(30-14-22-25-10-5-11-26-22)13-23(29)28(17)18(2)19-6-8-20(9-7-19)27-15-24(3,4)16-27/h5-13,18H,14-16H2,1-4H3/t18-/m1/s1. The quantitative estimate of drug-likeness (QED) is 0.622. The summed E-state index contributed by atoms with van der Waals surface area (Å²) in [5, 5.41) is 0. The SMILES string of the molecule is Cc1cc(OCc2ncccn2)cc(=O)n1[C@H](C)c1ccc(N2CC(C)(C)C2)cc1. The smallest absolute Gasteiger partial charge is 0.254 e. The molecule has 6 nitrogen and oxygen atoms in total. The van der Waals surface area contributed by atoms with E-state index in [1.807, 2.05) is 13.0 Å². The van der Waals surface area contributed by atoms with Crippen LogP contribution in [0.2, 0.25) is 0 Å². The van der Waals surface area contributed by atoms with Crippen LogP contribution in [-0.4, -0.2) is 27.6 Å². The number of rotatable bonds is 6. The maximum atomic E-state index is 12.8. The van der Waals surface area contributed by atoms with E-state index >= 15 is 0 Å². The highest BCUT2D eigenvalue weighted by molar-refractivity contribution is 5.51. The van der Waals surface area contributed by atoms with Gasteiger partial charge in [-0.2, -0.15) is 0 Å². The van der Waals surface area contributed by atoms with Gasteiger partial charge in [-0.1, -0.05) is 26.0 Å². The van der Waals surface area contributed by atoms with E-state index in [0.29, 0.717) is 17.0 Å². The number of anilines is 1. The molecule has 0 saturated carbocycles. The molecular formula is C24H28N4O2. The molecule has 0 radical (unpaired) electrons. The fraction of sp³-hybridized carbons (Fsp3) is 0.375. The molecule has 0 spiro atoms. The number of benzene rings is 1. The number of hydrogen-bond donors (Lipinski definition) is 0. The van der Waals surface area contributed by atoms with Gasteiger partial charge in [0.15, 0.2) is 5.82 Å². The number of nitrogens with zero attached hydrogens (tertiary/aromatic N) is 4. The maximum absolute atomic E-state index is 12.8. The summed E-state index contributed by atoms with van der Waals surface area (Å²) in [5.74, 6) is 1.11. The van der Waals surface area contributed by atoms with Crippen molar-refractivity contribution in [3.63, 3.8) is 0 Å². The summed E-state index contributed by atoms with van der Waals surface area (Å²) in [7, 11) is 0. The van der Waals surface area contributed by atoms with E-state index in [1.54, 1.807) is 23.0 Å². The van der Waals surface area contributed by atoms with Gasteiger partial charge in [-0.3, -0.25) is 4.79 Å². The van der Waals surface area contributed by atoms with Gasteiger partial charge in [0.25, 0.3) is 5.56 Å². The molecule has 156 valence electrons. The molecule has 0 unspecified atom stereocenters. The van der Waals surface area contributed by atoms with E-state index < -0.39 is 0 Å². The van der Waals surface area contributed by atoms with E-state index in [4.69, 9.17) is 4.74 Å². The first-order valence-corrected chi connectivity index (χ1v) is 10.3. The lowest BCUT2D eigenvalue weighted by Crippen LogP contribution is -2.53. The molecule has 3 heterocycles. The topological polar surface area (TPSA) is 60.3 Å². The van der Waals surface area contributed by atoms with Gasteiger partial charge in [0, 0.05) is 42.9 Å². The lowest BCUT2D eigenvalue weighted by Gasteiger charge is -2.47. The Labute approximate surface area is 177 Å². The Morgan fingerprint density at radius 2 is 1.77 bits per heavy atom. The summed E-state index contributed by atoms with van der Waals surface area (Å²) in [5.41, 5.74) is 3.51. The fourth-order valence-corrected chi connectivity index (χ4v) is 4.10. The van der Waals surface area contributed by atoms with Crippen molar-refractivity contribution in [1.29, 1.82) is 0 Å². The van der Waals surface area contributed by atoms with Crippen molar-refractivity contribution in [2.45, 2.75) is 40.3 Å². The van der Waals surface area contributed by atoms with Crippen LogP contribution in [0.3, 0.4) is 0 Å². The summed E-state index contributed by atoms with van der Waals surface area (Å²) in [6, 6.07) is 13.7. The van der Waals surface area contributed by atoms with Crippen molar-refractivity contribution < 1.29 is 4.74 Å². The minimum absolute atomic E-state index is 0.0640. The molecule has 6 heteroatoms. The van der Waals surface area contributed by atoms with Crippen LogP contribution in [0.15, 0.2) is 59.7 Å². The maximum Gasteiger partial charge on any atom is 0.254 e. The average Bonchev–Trinajstić information content (AvgIpc) is 2.71. The molecular weight excluding hydrogens is 376 g/mol.